The summed E-state index contributed by atoms with van der Waals surface area (Å²) in [4.78, 5) is 24.8. The quantitative estimate of drug-likeness (QED) is 0.707. The molecule has 5 heteroatoms. The van der Waals surface area contributed by atoms with Crippen molar-refractivity contribution in [2.24, 2.45) is 0 Å². The van der Waals surface area contributed by atoms with Gasteiger partial charge in [0.1, 0.15) is 0 Å². The van der Waals surface area contributed by atoms with Crippen LogP contribution in [-0.2, 0) is 9.59 Å². The zero-order valence-electron chi connectivity index (χ0n) is 16.4. The lowest BCUT2D eigenvalue weighted by molar-refractivity contribution is -0.123. The second kappa shape index (κ2) is 10.4. The molecule has 1 aliphatic carbocycles. The molecule has 3 rings (SSSR count). The standard InChI is InChI=1S/C23H29N2O2P/c1-2-22(26)24-20-15-9-10-16-21(20)25-23(27)17-28(18-11-5-3-6-12-18)19-13-7-4-8-14-19/h3-8,11-14,20-21H,2,9-10,15-17H2,1H3,(H,24,26)(H,25,27)/t20-,21-/m1/s1. The van der Waals surface area contributed by atoms with Crippen LogP contribution in [0, 0.1) is 0 Å². The number of benzene rings is 2. The molecule has 4 nitrogen and oxygen atoms in total. The first-order valence-corrected chi connectivity index (χ1v) is 11.7. The van der Waals surface area contributed by atoms with Gasteiger partial charge in [0, 0.05) is 18.5 Å². The van der Waals surface area contributed by atoms with Gasteiger partial charge in [0.25, 0.3) is 0 Å². The normalized spacial score (nSPS) is 19.2. The first-order valence-electron chi connectivity index (χ1n) is 10.1. The number of rotatable bonds is 7. The van der Waals surface area contributed by atoms with E-state index >= 15 is 0 Å². The largest absolute Gasteiger partial charge is 0.351 e. The summed E-state index contributed by atoms with van der Waals surface area (Å²) in [7, 11) is -0.751. The molecule has 1 saturated carbocycles. The Balaban J connectivity index is 1.70. The predicted octanol–water partition coefficient (Wildman–Crippen LogP) is 3.07. The van der Waals surface area contributed by atoms with Crippen molar-refractivity contribution in [3.63, 3.8) is 0 Å². The van der Waals surface area contributed by atoms with E-state index in [1.165, 1.54) is 10.6 Å². The van der Waals surface area contributed by atoms with Gasteiger partial charge in [0.05, 0.1) is 6.16 Å². The number of hydrogen-bond acceptors (Lipinski definition) is 2. The molecule has 0 radical (unpaired) electrons. The Kier molecular flexibility index (Phi) is 7.62. The Morgan fingerprint density at radius 3 is 1.75 bits per heavy atom. The molecular weight excluding hydrogens is 367 g/mol. The molecule has 0 aliphatic heterocycles. The minimum atomic E-state index is -0.751. The summed E-state index contributed by atoms with van der Waals surface area (Å²) in [5, 5.41) is 8.74. The van der Waals surface area contributed by atoms with Gasteiger partial charge in [-0.15, -0.1) is 0 Å². The molecule has 0 bridgehead atoms. The summed E-state index contributed by atoms with van der Waals surface area (Å²) in [6.45, 7) is 1.86. The Hall–Kier alpha value is -2.19. The fourth-order valence-corrected chi connectivity index (χ4v) is 5.83. The van der Waals surface area contributed by atoms with E-state index in [4.69, 9.17) is 0 Å². The van der Waals surface area contributed by atoms with Crippen molar-refractivity contribution < 1.29 is 9.59 Å². The molecule has 2 aromatic rings. The fourth-order valence-electron chi connectivity index (χ4n) is 3.73. The SMILES string of the molecule is CCC(=O)N[C@@H]1CCCC[C@H]1NC(=O)CP(c1ccccc1)c1ccccc1. The lowest BCUT2D eigenvalue weighted by Gasteiger charge is -2.33. The zero-order chi connectivity index (χ0) is 19.8. The first-order chi connectivity index (χ1) is 13.7. The molecule has 148 valence electrons. The summed E-state index contributed by atoms with van der Waals surface area (Å²) in [5.74, 6) is 0.128. The van der Waals surface area contributed by atoms with Crippen LogP contribution in [-0.4, -0.2) is 30.1 Å². The van der Waals surface area contributed by atoms with Gasteiger partial charge in [0.15, 0.2) is 0 Å². The fraction of sp³-hybridized carbons (Fsp3) is 0.391. The lowest BCUT2D eigenvalue weighted by Crippen LogP contribution is -2.53. The van der Waals surface area contributed by atoms with E-state index in [0.29, 0.717) is 12.6 Å². The topological polar surface area (TPSA) is 58.2 Å². The van der Waals surface area contributed by atoms with Gasteiger partial charge in [-0.2, -0.15) is 0 Å². The van der Waals surface area contributed by atoms with E-state index < -0.39 is 7.92 Å². The van der Waals surface area contributed by atoms with Crippen molar-refractivity contribution >= 4 is 30.3 Å². The van der Waals surface area contributed by atoms with Crippen LogP contribution in [0.4, 0.5) is 0 Å². The number of amides is 2. The van der Waals surface area contributed by atoms with Crippen LogP contribution in [0.5, 0.6) is 0 Å². The second-order valence-electron chi connectivity index (χ2n) is 7.24. The molecule has 0 unspecified atom stereocenters. The van der Waals surface area contributed by atoms with Crippen LogP contribution in [0.25, 0.3) is 0 Å². The Morgan fingerprint density at radius 1 is 0.821 bits per heavy atom. The summed E-state index contributed by atoms with van der Waals surface area (Å²) >= 11 is 0. The van der Waals surface area contributed by atoms with Gasteiger partial charge in [-0.3, -0.25) is 9.59 Å². The molecular formula is C23H29N2O2P. The predicted molar refractivity (Wildman–Crippen MR) is 117 cm³/mol. The summed E-state index contributed by atoms with van der Waals surface area (Å²) in [5.41, 5.74) is 0. The van der Waals surface area contributed by atoms with E-state index in [9.17, 15) is 9.59 Å². The summed E-state index contributed by atoms with van der Waals surface area (Å²) < 4.78 is 0. The smallest absolute Gasteiger partial charge is 0.225 e. The monoisotopic (exact) mass is 396 g/mol. The van der Waals surface area contributed by atoms with Crippen molar-refractivity contribution in [2.75, 3.05) is 6.16 Å². The molecule has 1 aliphatic rings. The molecule has 2 amide bonds. The molecule has 2 aromatic carbocycles. The maximum atomic E-state index is 13.0. The maximum Gasteiger partial charge on any atom is 0.225 e. The second-order valence-corrected chi connectivity index (χ2v) is 9.45. The first kappa shape index (κ1) is 20.5. The van der Waals surface area contributed by atoms with Gasteiger partial charge >= 0.3 is 0 Å². The molecule has 1 fully saturated rings. The van der Waals surface area contributed by atoms with Crippen LogP contribution in [0.3, 0.4) is 0 Å². The molecule has 0 heterocycles. The lowest BCUT2D eigenvalue weighted by atomic mass is 9.90. The van der Waals surface area contributed by atoms with Crippen LogP contribution in [0.1, 0.15) is 39.0 Å². The minimum Gasteiger partial charge on any atom is -0.351 e. The van der Waals surface area contributed by atoms with E-state index in [1.54, 1.807) is 0 Å². The maximum absolute atomic E-state index is 13.0. The van der Waals surface area contributed by atoms with Crippen LogP contribution >= 0.6 is 7.92 Å². The molecule has 2 N–H and O–H groups in total. The number of carbonyl (C=O) groups is 2. The highest BCUT2D eigenvalue weighted by molar-refractivity contribution is 7.73. The van der Waals surface area contributed by atoms with Crippen LogP contribution in [0.15, 0.2) is 60.7 Å². The van der Waals surface area contributed by atoms with Crippen molar-refractivity contribution in [3.05, 3.63) is 60.7 Å². The van der Waals surface area contributed by atoms with E-state index in [-0.39, 0.29) is 23.9 Å². The molecule has 0 spiro atoms. The van der Waals surface area contributed by atoms with Crippen molar-refractivity contribution in [1.29, 1.82) is 0 Å². The average molecular weight is 396 g/mol. The third kappa shape index (κ3) is 5.65. The van der Waals surface area contributed by atoms with Crippen LogP contribution in [0.2, 0.25) is 0 Å². The highest BCUT2D eigenvalue weighted by Crippen LogP contribution is 2.33. The third-order valence-corrected chi connectivity index (χ3v) is 7.66. The molecule has 0 aromatic heterocycles. The summed E-state index contributed by atoms with van der Waals surface area (Å²) in [6.07, 6.45) is 4.99. The summed E-state index contributed by atoms with van der Waals surface area (Å²) in [6, 6.07) is 20.6. The number of hydrogen-bond donors (Lipinski definition) is 2. The van der Waals surface area contributed by atoms with Crippen LogP contribution < -0.4 is 21.2 Å². The van der Waals surface area contributed by atoms with E-state index in [2.05, 4.69) is 34.9 Å². The van der Waals surface area contributed by atoms with Gasteiger partial charge in [-0.25, -0.2) is 0 Å². The number of nitrogens with one attached hydrogen (secondary N) is 2. The van der Waals surface area contributed by atoms with Crippen molar-refractivity contribution in [3.8, 4) is 0 Å². The van der Waals surface area contributed by atoms with Gasteiger partial charge in [-0.1, -0.05) is 80.4 Å². The highest BCUT2D eigenvalue weighted by Gasteiger charge is 2.28. The van der Waals surface area contributed by atoms with E-state index in [1.807, 2.05) is 43.3 Å². The van der Waals surface area contributed by atoms with Gasteiger partial charge in [-0.05, 0) is 31.4 Å². The molecule has 2 atom stereocenters. The van der Waals surface area contributed by atoms with Gasteiger partial charge in [0.2, 0.25) is 11.8 Å². The third-order valence-electron chi connectivity index (χ3n) is 5.22. The molecule has 28 heavy (non-hydrogen) atoms. The van der Waals surface area contributed by atoms with E-state index in [0.717, 1.165) is 25.7 Å². The Labute approximate surface area is 168 Å². The Bertz CT molecular complexity index is 727. The van der Waals surface area contributed by atoms with Crippen molar-refractivity contribution in [2.45, 2.75) is 51.1 Å². The zero-order valence-corrected chi connectivity index (χ0v) is 17.3. The number of carbonyl (C=O) groups excluding carboxylic acids is 2. The highest BCUT2D eigenvalue weighted by atomic mass is 31.1. The van der Waals surface area contributed by atoms with Gasteiger partial charge < -0.3 is 10.6 Å². The average Bonchev–Trinajstić information content (AvgIpc) is 2.74. The molecule has 0 saturated heterocycles. The van der Waals surface area contributed by atoms with Crippen molar-refractivity contribution in [1.82, 2.24) is 10.6 Å². The minimum absolute atomic E-state index is 0.0279. The Morgan fingerprint density at radius 2 is 1.29 bits per heavy atom.